The van der Waals surface area contributed by atoms with E-state index in [1.165, 1.54) is 18.3 Å². The Bertz CT molecular complexity index is 819. The van der Waals surface area contributed by atoms with Crippen molar-refractivity contribution in [2.75, 3.05) is 19.8 Å². The Hall–Kier alpha value is -2.44. The number of amides is 1. The molecule has 0 bridgehead atoms. The van der Waals surface area contributed by atoms with E-state index in [0.717, 1.165) is 18.4 Å². The lowest BCUT2D eigenvalue weighted by Gasteiger charge is -2.38. The zero-order chi connectivity index (χ0) is 18.6. The third-order valence-corrected chi connectivity index (χ3v) is 5.05. The van der Waals surface area contributed by atoms with Crippen molar-refractivity contribution < 1.29 is 19.4 Å². The molecule has 1 saturated heterocycles. The summed E-state index contributed by atoms with van der Waals surface area (Å²) in [7, 11) is 0. The van der Waals surface area contributed by atoms with E-state index in [2.05, 4.69) is 10.3 Å². The first-order chi connectivity index (χ1) is 12.5. The second kappa shape index (κ2) is 7.85. The normalized spacial score (nSPS) is 16.0. The molecular formula is C19H19ClN2O4. The van der Waals surface area contributed by atoms with Gasteiger partial charge in [0.05, 0.1) is 5.56 Å². The van der Waals surface area contributed by atoms with Gasteiger partial charge in [-0.25, -0.2) is 4.79 Å². The molecule has 2 heterocycles. The summed E-state index contributed by atoms with van der Waals surface area (Å²) in [5.41, 5.74) is 0.761. The molecule has 1 amide bonds. The molecule has 0 spiro atoms. The summed E-state index contributed by atoms with van der Waals surface area (Å²) in [6, 6.07) is 10.2. The Balaban J connectivity index is 1.80. The van der Waals surface area contributed by atoms with E-state index in [4.69, 9.17) is 21.4 Å². The lowest BCUT2D eigenvalue weighted by molar-refractivity contribution is 0.0487. The number of carboxylic acids is 1. The van der Waals surface area contributed by atoms with Gasteiger partial charge in [-0.15, -0.1) is 0 Å². The highest BCUT2D eigenvalue weighted by molar-refractivity contribution is 6.31. The molecule has 6 nitrogen and oxygen atoms in total. The van der Waals surface area contributed by atoms with Crippen LogP contribution in [0.25, 0.3) is 0 Å². The Morgan fingerprint density at radius 3 is 2.65 bits per heavy atom. The summed E-state index contributed by atoms with van der Waals surface area (Å²) in [5.74, 6) is -1.51. The first kappa shape index (κ1) is 18.4. The average molecular weight is 375 g/mol. The van der Waals surface area contributed by atoms with Gasteiger partial charge in [0, 0.05) is 36.4 Å². The molecule has 0 radical (unpaired) electrons. The van der Waals surface area contributed by atoms with Crippen LogP contribution in [-0.2, 0) is 10.2 Å². The van der Waals surface area contributed by atoms with Crippen LogP contribution in [0.3, 0.4) is 0 Å². The number of nitrogens with one attached hydrogen (secondary N) is 1. The Kier molecular flexibility index (Phi) is 5.54. The van der Waals surface area contributed by atoms with Gasteiger partial charge in [-0.2, -0.15) is 0 Å². The number of ether oxygens (including phenoxy) is 1. The largest absolute Gasteiger partial charge is 0.478 e. The molecule has 1 aromatic carbocycles. The standard InChI is InChI=1S/C19H19ClN2O4/c20-15-4-2-1-3-14(15)19(6-9-26-10-7-19)12-22-17(23)16-11-13(18(24)25)5-8-21-16/h1-5,8,11H,6-7,9-10,12H2,(H,22,23)(H,24,25). The fourth-order valence-corrected chi connectivity index (χ4v) is 3.56. The van der Waals surface area contributed by atoms with Gasteiger partial charge >= 0.3 is 5.97 Å². The fourth-order valence-electron chi connectivity index (χ4n) is 3.22. The highest BCUT2D eigenvalue weighted by Gasteiger charge is 2.36. The maximum Gasteiger partial charge on any atom is 0.335 e. The first-order valence-corrected chi connectivity index (χ1v) is 8.70. The molecule has 3 rings (SSSR count). The smallest absolute Gasteiger partial charge is 0.335 e. The number of hydrogen-bond donors (Lipinski definition) is 2. The highest BCUT2D eigenvalue weighted by atomic mass is 35.5. The van der Waals surface area contributed by atoms with E-state index in [1.807, 2.05) is 24.3 Å². The number of carbonyl (C=O) groups excluding carboxylic acids is 1. The van der Waals surface area contributed by atoms with Crippen molar-refractivity contribution in [2.24, 2.45) is 0 Å². The summed E-state index contributed by atoms with van der Waals surface area (Å²) >= 11 is 6.40. The van der Waals surface area contributed by atoms with Crippen LogP contribution in [0.5, 0.6) is 0 Å². The molecule has 0 saturated carbocycles. The molecule has 1 aliphatic heterocycles. The van der Waals surface area contributed by atoms with Gasteiger partial charge in [-0.1, -0.05) is 29.8 Å². The second-order valence-electron chi connectivity index (χ2n) is 6.29. The van der Waals surface area contributed by atoms with Crippen molar-refractivity contribution >= 4 is 23.5 Å². The molecule has 0 aliphatic carbocycles. The molecule has 2 N–H and O–H groups in total. The predicted molar refractivity (Wildman–Crippen MR) is 96.7 cm³/mol. The van der Waals surface area contributed by atoms with Crippen LogP contribution in [0.2, 0.25) is 5.02 Å². The van der Waals surface area contributed by atoms with Crippen LogP contribution in [0.1, 0.15) is 39.3 Å². The van der Waals surface area contributed by atoms with E-state index in [-0.39, 0.29) is 16.7 Å². The summed E-state index contributed by atoms with van der Waals surface area (Å²) in [5, 5.41) is 12.6. The fraction of sp³-hybridized carbons (Fsp3) is 0.316. The number of aromatic nitrogens is 1. The molecule has 7 heteroatoms. The minimum absolute atomic E-state index is 0.0250. The van der Waals surface area contributed by atoms with Gasteiger partial charge in [0.1, 0.15) is 5.69 Å². The van der Waals surface area contributed by atoms with E-state index < -0.39 is 11.9 Å². The molecule has 1 aromatic heterocycles. The minimum Gasteiger partial charge on any atom is -0.478 e. The van der Waals surface area contributed by atoms with Crippen molar-refractivity contribution in [1.29, 1.82) is 0 Å². The molecular weight excluding hydrogens is 356 g/mol. The molecule has 26 heavy (non-hydrogen) atoms. The number of benzene rings is 1. The highest BCUT2D eigenvalue weighted by Crippen LogP contribution is 2.38. The van der Waals surface area contributed by atoms with Crippen LogP contribution in [0, 0.1) is 0 Å². The quantitative estimate of drug-likeness (QED) is 0.840. The van der Waals surface area contributed by atoms with E-state index in [1.54, 1.807) is 0 Å². The Morgan fingerprint density at radius 2 is 1.96 bits per heavy atom. The molecule has 2 aromatic rings. The maximum absolute atomic E-state index is 12.5. The topological polar surface area (TPSA) is 88.5 Å². The number of nitrogens with zero attached hydrogens (tertiary/aromatic N) is 1. The van der Waals surface area contributed by atoms with Gasteiger partial charge < -0.3 is 15.2 Å². The zero-order valence-corrected chi connectivity index (χ0v) is 14.8. The lowest BCUT2D eigenvalue weighted by atomic mass is 9.74. The summed E-state index contributed by atoms with van der Waals surface area (Å²) in [4.78, 5) is 27.5. The van der Waals surface area contributed by atoms with Gasteiger partial charge in [-0.3, -0.25) is 9.78 Å². The van der Waals surface area contributed by atoms with Crippen molar-refractivity contribution in [1.82, 2.24) is 10.3 Å². The van der Waals surface area contributed by atoms with Crippen molar-refractivity contribution in [3.8, 4) is 0 Å². The number of halogens is 1. The lowest BCUT2D eigenvalue weighted by Crippen LogP contribution is -2.45. The Labute approximate surface area is 156 Å². The van der Waals surface area contributed by atoms with E-state index in [9.17, 15) is 9.59 Å². The monoisotopic (exact) mass is 374 g/mol. The molecule has 1 fully saturated rings. The van der Waals surface area contributed by atoms with Gasteiger partial charge in [-0.05, 0) is 36.6 Å². The minimum atomic E-state index is -1.10. The van der Waals surface area contributed by atoms with Gasteiger partial charge in [0.2, 0.25) is 0 Å². The summed E-state index contributed by atoms with van der Waals surface area (Å²) in [6.45, 7) is 1.56. The number of aromatic carboxylic acids is 1. The van der Waals surface area contributed by atoms with E-state index >= 15 is 0 Å². The van der Waals surface area contributed by atoms with Gasteiger partial charge in [0.15, 0.2) is 0 Å². The second-order valence-corrected chi connectivity index (χ2v) is 6.70. The van der Waals surface area contributed by atoms with Crippen LogP contribution in [-0.4, -0.2) is 41.7 Å². The number of rotatable bonds is 5. The predicted octanol–water partition coefficient (Wildman–Crippen LogP) is 2.91. The first-order valence-electron chi connectivity index (χ1n) is 8.32. The molecule has 0 unspecified atom stereocenters. The number of pyridine rings is 1. The number of carbonyl (C=O) groups is 2. The Morgan fingerprint density at radius 1 is 1.23 bits per heavy atom. The third kappa shape index (κ3) is 3.86. The zero-order valence-electron chi connectivity index (χ0n) is 14.1. The van der Waals surface area contributed by atoms with Crippen LogP contribution >= 0.6 is 11.6 Å². The van der Waals surface area contributed by atoms with Crippen molar-refractivity contribution in [3.05, 3.63) is 64.4 Å². The maximum atomic E-state index is 12.5. The van der Waals surface area contributed by atoms with Crippen molar-refractivity contribution in [3.63, 3.8) is 0 Å². The van der Waals surface area contributed by atoms with Crippen LogP contribution in [0.4, 0.5) is 0 Å². The van der Waals surface area contributed by atoms with Crippen molar-refractivity contribution in [2.45, 2.75) is 18.3 Å². The summed E-state index contributed by atoms with van der Waals surface area (Å²) in [6.07, 6.45) is 2.79. The molecule has 0 atom stereocenters. The third-order valence-electron chi connectivity index (χ3n) is 4.72. The number of hydrogen-bond acceptors (Lipinski definition) is 4. The SMILES string of the molecule is O=C(O)c1ccnc(C(=O)NCC2(c3ccccc3Cl)CCOCC2)c1. The molecule has 1 aliphatic rings. The van der Waals surface area contributed by atoms with Gasteiger partial charge in [0.25, 0.3) is 5.91 Å². The average Bonchev–Trinajstić information content (AvgIpc) is 2.67. The molecule has 136 valence electrons. The van der Waals surface area contributed by atoms with E-state index in [0.29, 0.717) is 24.8 Å². The summed E-state index contributed by atoms with van der Waals surface area (Å²) < 4.78 is 5.49. The number of carboxylic acid groups (broad SMARTS) is 1. The van der Waals surface area contributed by atoms with Crippen LogP contribution < -0.4 is 5.32 Å². The van der Waals surface area contributed by atoms with Crippen LogP contribution in [0.15, 0.2) is 42.6 Å².